The Morgan fingerprint density at radius 1 is 1.30 bits per heavy atom. The van der Waals surface area contributed by atoms with Gasteiger partial charge in [-0.3, -0.25) is 4.79 Å². The van der Waals surface area contributed by atoms with E-state index in [1.54, 1.807) is 17.0 Å². The van der Waals surface area contributed by atoms with Crippen LogP contribution in [-0.4, -0.2) is 17.4 Å². The fourth-order valence-corrected chi connectivity index (χ4v) is 3.31. The summed E-state index contributed by atoms with van der Waals surface area (Å²) in [6.07, 6.45) is 0.567. The summed E-state index contributed by atoms with van der Waals surface area (Å²) in [5.74, 6) is -1.01. The zero-order chi connectivity index (χ0) is 16.6. The molecule has 5 heteroatoms. The first kappa shape index (κ1) is 15.9. The molecule has 0 spiro atoms. The fourth-order valence-electron chi connectivity index (χ4n) is 3.08. The van der Waals surface area contributed by atoms with Crippen molar-refractivity contribution >= 4 is 17.5 Å². The van der Waals surface area contributed by atoms with Crippen molar-refractivity contribution in [2.75, 3.05) is 6.54 Å². The van der Waals surface area contributed by atoms with Gasteiger partial charge in [0.05, 0.1) is 12.5 Å². The van der Waals surface area contributed by atoms with Crippen LogP contribution in [0, 0.1) is 11.6 Å². The quantitative estimate of drug-likeness (QED) is 0.801. The Morgan fingerprint density at radius 2 is 2.09 bits per heavy atom. The standard InChI is InChI=1S/C18H16ClF2NO/c1-11-14-9-13(20)6-5-12(14)7-8-22(11)18(23)10-15-16(19)3-2-4-17(15)21/h2-6,9,11H,7-8,10H2,1H3. The van der Waals surface area contributed by atoms with E-state index < -0.39 is 5.82 Å². The summed E-state index contributed by atoms with van der Waals surface area (Å²) in [7, 11) is 0. The van der Waals surface area contributed by atoms with Gasteiger partial charge in [0.25, 0.3) is 0 Å². The highest BCUT2D eigenvalue weighted by Gasteiger charge is 2.28. The van der Waals surface area contributed by atoms with E-state index >= 15 is 0 Å². The Morgan fingerprint density at radius 3 is 2.83 bits per heavy atom. The number of benzene rings is 2. The van der Waals surface area contributed by atoms with E-state index in [0.717, 1.165) is 11.1 Å². The summed E-state index contributed by atoms with van der Waals surface area (Å²) in [6, 6.07) is 8.78. The molecule has 1 aliphatic heterocycles. The highest BCUT2D eigenvalue weighted by Crippen LogP contribution is 2.31. The van der Waals surface area contributed by atoms with Gasteiger partial charge in [0.2, 0.25) is 5.91 Å². The van der Waals surface area contributed by atoms with Crippen LogP contribution in [0.1, 0.15) is 29.7 Å². The van der Waals surface area contributed by atoms with E-state index in [1.807, 2.05) is 6.92 Å². The second-order valence-electron chi connectivity index (χ2n) is 5.73. The molecule has 120 valence electrons. The van der Waals surface area contributed by atoms with Gasteiger partial charge in [-0.2, -0.15) is 0 Å². The zero-order valence-corrected chi connectivity index (χ0v) is 13.4. The average molecular weight is 336 g/mol. The van der Waals surface area contributed by atoms with Crippen molar-refractivity contribution in [3.05, 3.63) is 69.7 Å². The molecule has 2 aromatic carbocycles. The fraction of sp³-hybridized carbons (Fsp3) is 0.278. The van der Waals surface area contributed by atoms with Crippen molar-refractivity contribution in [3.63, 3.8) is 0 Å². The molecule has 0 fully saturated rings. The van der Waals surface area contributed by atoms with E-state index in [9.17, 15) is 13.6 Å². The third kappa shape index (κ3) is 3.08. The summed E-state index contributed by atoms with van der Waals surface area (Å²) in [5, 5.41) is 0.245. The molecule has 0 N–H and O–H groups in total. The maximum atomic E-state index is 13.9. The Bertz CT molecular complexity index is 742. The van der Waals surface area contributed by atoms with Gasteiger partial charge in [0.1, 0.15) is 11.6 Å². The molecule has 1 heterocycles. The lowest BCUT2D eigenvalue weighted by Gasteiger charge is -2.35. The molecule has 0 aliphatic carbocycles. The van der Waals surface area contributed by atoms with Crippen LogP contribution in [0.25, 0.3) is 0 Å². The minimum Gasteiger partial charge on any atom is -0.335 e. The molecule has 1 atom stereocenters. The van der Waals surface area contributed by atoms with Crippen molar-refractivity contribution in [1.82, 2.24) is 4.90 Å². The topological polar surface area (TPSA) is 20.3 Å². The molecule has 0 radical (unpaired) electrons. The van der Waals surface area contributed by atoms with Gasteiger partial charge < -0.3 is 4.90 Å². The first-order valence-electron chi connectivity index (χ1n) is 7.48. The van der Waals surface area contributed by atoms with E-state index in [2.05, 4.69) is 0 Å². The Kier molecular flexibility index (Phi) is 4.35. The second kappa shape index (κ2) is 6.28. The van der Waals surface area contributed by atoms with E-state index in [4.69, 9.17) is 11.6 Å². The predicted molar refractivity (Wildman–Crippen MR) is 85.3 cm³/mol. The van der Waals surface area contributed by atoms with Crippen LogP contribution in [0.2, 0.25) is 5.02 Å². The van der Waals surface area contributed by atoms with Crippen LogP contribution in [0.5, 0.6) is 0 Å². The van der Waals surface area contributed by atoms with Crippen LogP contribution < -0.4 is 0 Å². The van der Waals surface area contributed by atoms with Crippen molar-refractivity contribution in [2.45, 2.75) is 25.8 Å². The van der Waals surface area contributed by atoms with Crippen molar-refractivity contribution in [3.8, 4) is 0 Å². The van der Waals surface area contributed by atoms with Crippen LogP contribution >= 0.6 is 11.6 Å². The molecular formula is C18H16ClF2NO. The number of halogens is 3. The van der Waals surface area contributed by atoms with Crippen LogP contribution in [-0.2, 0) is 17.6 Å². The summed E-state index contributed by atoms with van der Waals surface area (Å²) in [6.45, 7) is 2.39. The molecule has 23 heavy (non-hydrogen) atoms. The normalized spacial score (nSPS) is 17.0. The lowest BCUT2D eigenvalue weighted by Crippen LogP contribution is -2.39. The van der Waals surface area contributed by atoms with Gasteiger partial charge in [-0.25, -0.2) is 8.78 Å². The van der Waals surface area contributed by atoms with E-state index in [-0.39, 0.29) is 34.8 Å². The number of fused-ring (bicyclic) bond motifs is 1. The van der Waals surface area contributed by atoms with Crippen molar-refractivity contribution in [2.24, 2.45) is 0 Å². The Balaban J connectivity index is 1.84. The molecule has 0 aromatic heterocycles. The second-order valence-corrected chi connectivity index (χ2v) is 6.14. The number of carbonyl (C=O) groups excluding carboxylic acids is 1. The van der Waals surface area contributed by atoms with Crippen LogP contribution in [0.15, 0.2) is 36.4 Å². The summed E-state index contributed by atoms with van der Waals surface area (Å²) >= 11 is 5.99. The molecule has 1 amide bonds. The highest BCUT2D eigenvalue weighted by atomic mass is 35.5. The molecule has 1 unspecified atom stereocenters. The van der Waals surface area contributed by atoms with Gasteiger partial charge >= 0.3 is 0 Å². The third-order valence-corrected chi connectivity index (χ3v) is 4.71. The van der Waals surface area contributed by atoms with Crippen molar-refractivity contribution in [1.29, 1.82) is 0 Å². The Hall–Kier alpha value is -1.94. The molecule has 0 saturated carbocycles. The van der Waals surface area contributed by atoms with E-state index in [0.29, 0.717) is 13.0 Å². The zero-order valence-electron chi connectivity index (χ0n) is 12.7. The number of hydrogen-bond donors (Lipinski definition) is 0. The molecule has 2 aromatic rings. The molecule has 1 aliphatic rings. The summed E-state index contributed by atoms with van der Waals surface area (Å²) in [5.41, 5.74) is 2.06. The molecule has 0 saturated heterocycles. The maximum Gasteiger partial charge on any atom is 0.227 e. The smallest absolute Gasteiger partial charge is 0.227 e. The van der Waals surface area contributed by atoms with Gasteiger partial charge in [0.15, 0.2) is 0 Å². The first-order valence-corrected chi connectivity index (χ1v) is 7.86. The number of nitrogens with zero attached hydrogens (tertiary/aromatic N) is 1. The molecule has 3 rings (SSSR count). The van der Waals surface area contributed by atoms with Gasteiger partial charge in [-0.1, -0.05) is 23.7 Å². The largest absolute Gasteiger partial charge is 0.335 e. The number of carbonyl (C=O) groups is 1. The van der Waals surface area contributed by atoms with Crippen molar-refractivity contribution < 1.29 is 13.6 Å². The first-order chi connectivity index (χ1) is 11.0. The van der Waals surface area contributed by atoms with Gasteiger partial charge in [-0.05, 0) is 48.7 Å². The van der Waals surface area contributed by atoms with E-state index in [1.165, 1.54) is 24.3 Å². The van der Waals surface area contributed by atoms with Gasteiger partial charge in [-0.15, -0.1) is 0 Å². The lowest BCUT2D eigenvalue weighted by atomic mass is 9.93. The highest BCUT2D eigenvalue weighted by molar-refractivity contribution is 6.31. The SMILES string of the molecule is CC1c2cc(F)ccc2CCN1C(=O)Cc1c(F)cccc1Cl. The summed E-state index contributed by atoms with van der Waals surface area (Å²) in [4.78, 5) is 14.2. The monoisotopic (exact) mass is 335 g/mol. The minimum atomic E-state index is -0.484. The number of rotatable bonds is 2. The lowest BCUT2D eigenvalue weighted by molar-refractivity contribution is -0.133. The maximum absolute atomic E-state index is 13.9. The number of hydrogen-bond acceptors (Lipinski definition) is 1. The Labute approximate surface area is 138 Å². The number of amides is 1. The molecule has 2 nitrogen and oxygen atoms in total. The predicted octanol–water partition coefficient (Wildman–Crippen LogP) is 4.31. The minimum absolute atomic E-state index is 0.0967. The summed E-state index contributed by atoms with van der Waals surface area (Å²) < 4.78 is 27.3. The molecule has 0 bridgehead atoms. The molecular weight excluding hydrogens is 320 g/mol. The van der Waals surface area contributed by atoms with Gasteiger partial charge in [0, 0.05) is 17.1 Å². The van der Waals surface area contributed by atoms with Crippen LogP contribution in [0.4, 0.5) is 8.78 Å². The van der Waals surface area contributed by atoms with Crippen LogP contribution in [0.3, 0.4) is 0 Å². The third-order valence-electron chi connectivity index (χ3n) is 4.36. The average Bonchev–Trinajstić information content (AvgIpc) is 2.52.